The second-order valence-electron chi connectivity index (χ2n) is 5.62. The number of nitrogens with zero attached hydrogens (tertiary/aromatic N) is 3. The van der Waals surface area contributed by atoms with Crippen molar-refractivity contribution >= 4 is 17.5 Å². The van der Waals surface area contributed by atoms with Gasteiger partial charge in [-0.05, 0) is 31.5 Å². The normalized spacial score (nSPS) is 21.0. The number of benzene rings is 1. The molecule has 1 saturated heterocycles. The molecule has 1 aliphatic heterocycles. The molecule has 8 heteroatoms. The first kappa shape index (κ1) is 15.9. The van der Waals surface area contributed by atoms with Crippen molar-refractivity contribution in [1.29, 1.82) is 0 Å². The third-order valence-corrected chi connectivity index (χ3v) is 4.16. The smallest absolute Gasteiger partial charge is 0.256 e. The molecule has 1 aromatic carbocycles. The minimum Gasteiger partial charge on any atom is -0.391 e. The van der Waals surface area contributed by atoms with Gasteiger partial charge in [-0.3, -0.25) is 4.79 Å². The molecule has 6 nitrogen and oxygen atoms in total. The van der Waals surface area contributed by atoms with Gasteiger partial charge < -0.3 is 14.5 Å². The number of hydrogen-bond acceptors (Lipinski definition) is 5. The number of hydrogen-bond donors (Lipinski definition) is 1. The summed E-state index contributed by atoms with van der Waals surface area (Å²) in [6.45, 7) is 3.35. The van der Waals surface area contributed by atoms with Crippen LogP contribution in [0.2, 0.25) is 5.02 Å². The van der Waals surface area contributed by atoms with Crippen molar-refractivity contribution in [1.82, 2.24) is 15.0 Å². The highest BCUT2D eigenvalue weighted by molar-refractivity contribution is 6.33. The van der Waals surface area contributed by atoms with Crippen LogP contribution >= 0.6 is 11.6 Å². The number of carbonyl (C=O) groups excluding carboxylic acids is 1. The highest BCUT2D eigenvalue weighted by atomic mass is 35.5. The molecule has 0 saturated carbocycles. The van der Waals surface area contributed by atoms with Crippen molar-refractivity contribution in [3.8, 4) is 0 Å². The Kier molecular flexibility index (Phi) is 4.08. The van der Waals surface area contributed by atoms with Crippen molar-refractivity contribution in [2.75, 3.05) is 6.54 Å². The minimum atomic E-state index is -0.698. The summed E-state index contributed by atoms with van der Waals surface area (Å²) in [5, 5.41) is 13.7. The van der Waals surface area contributed by atoms with Gasteiger partial charge in [-0.2, -0.15) is 4.98 Å². The Morgan fingerprint density at radius 1 is 1.48 bits per heavy atom. The highest BCUT2D eigenvalue weighted by Crippen LogP contribution is 2.34. The lowest BCUT2D eigenvalue weighted by molar-refractivity contribution is 0.0693. The lowest BCUT2D eigenvalue weighted by Crippen LogP contribution is -2.32. The summed E-state index contributed by atoms with van der Waals surface area (Å²) in [7, 11) is 0. The Morgan fingerprint density at radius 2 is 2.22 bits per heavy atom. The number of aliphatic hydroxyl groups is 1. The Hall–Kier alpha value is -1.99. The third kappa shape index (κ3) is 2.94. The van der Waals surface area contributed by atoms with Crippen LogP contribution in [0.4, 0.5) is 4.39 Å². The topological polar surface area (TPSA) is 79.5 Å². The number of β-amino-alcohol motifs (C(OH)–C–C–N with tert-alkyl or cyclic N) is 1. The van der Waals surface area contributed by atoms with E-state index in [2.05, 4.69) is 10.1 Å². The lowest BCUT2D eigenvalue weighted by atomic mass is 10.1. The fourth-order valence-corrected chi connectivity index (χ4v) is 2.93. The first-order valence-corrected chi connectivity index (χ1v) is 7.49. The van der Waals surface area contributed by atoms with Crippen LogP contribution < -0.4 is 0 Å². The maximum Gasteiger partial charge on any atom is 0.256 e. The Labute approximate surface area is 136 Å². The molecule has 23 heavy (non-hydrogen) atoms. The number of aryl methyl sites for hydroxylation is 2. The highest BCUT2D eigenvalue weighted by Gasteiger charge is 2.39. The van der Waals surface area contributed by atoms with Gasteiger partial charge in [-0.15, -0.1) is 0 Å². The minimum absolute atomic E-state index is 0.0277. The van der Waals surface area contributed by atoms with Gasteiger partial charge >= 0.3 is 0 Å². The van der Waals surface area contributed by atoms with Crippen molar-refractivity contribution in [2.45, 2.75) is 32.4 Å². The lowest BCUT2D eigenvalue weighted by Gasteiger charge is -2.22. The summed E-state index contributed by atoms with van der Waals surface area (Å²) in [5.74, 6) is -0.167. The van der Waals surface area contributed by atoms with Gasteiger partial charge in [0.25, 0.3) is 5.91 Å². The fraction of sp³-hybridized carbons (Fsp3) is 0.400. The molecule has 1 N–H and O–H groups in total. The zero-order valence-electron chi connectivity index (χ0n) is 12.6. The number of rotatable bonds is 2. The zero-order chi connectivity index (χ0) is 16.7. The van der Waals surface area contributed by atoms with Gasteiger partial charge in [-0.1, -0.05) is 16.8 Å². The van der Waals surface area contributed by atoms with E-state index in [1.54, 1.807) is 13.8 Å². The molecule has 1 aromatic heterocycles. The van der Waals surface area contributed by atoms with Crippen LogP contribution in [0.5, 0.6) is 0 Å². The van der Waals surface area contributed by atoms with E-state index in [0.29, 0.717) is 17.8 Å². The third-order valence-electron chi connectivity index (χ3n) is 3.85. The summed E-state index contributed by atoms with van der Waals surface area (Å²) < 4.78 is 18.7. The van der Waals surface area contributed by atoms with Crippen LogP contribution in [0.3, 0.4) is 0 Å². The summed E-state index contributed by atoms with van der Waals surface area (Å²) in [6.07, 6.45) is -0.401. The average molecular weight is 340 g/mol. The zero-order valence-corrected chi connectivity index (χ0v) is 13.3. The fourth-order valence-electron chi connectivity index (χ4n) is 2.70. The molecular weight excluding hydrogens is 325 g/mol. The van der Waals surface area contributed by atoms with E-state index in [9.17, 15) is 14.3 Å². The summed E-state index contributed by atoms with van der Waals surface area (Å²) in [5.41, 5.74) is 0.503. The first-order chi connectivity index (χ1) is 10.9. The van der Waals surface area contributed by atoms with Gasteiger partial charge in [0.2, 0.25) is 5.89 Å². The standard InChI is InChI=1S/C15H15ClFN3O3/c1-7-3-10(11(16)5-12(7)17)15(22)20-6-9(21)4-13(20)14-18-8(2)19-23-14/h3,5,9,13,21H,4,6H2,1-2H3/t9-,13-/m1/s1. The monoisotopic (exact) mass is 339 g/mol. The van der Waals surface area contributed by atoms with Gasteiger partial charge in [0.05, 0.1) is 16.7 Å². The summed E-state index contributed by atoms with van der Waals surface area (Å²) >= 11 is 6.01. The number of aromatic nitrogens is 2. The van der Waals surface area contributed by atoms with Crippen LogP contribution in [0.1, 0.15) is 40.1 Å². The van der Waals surface area contributed by atoms with Crippen molar-refractivity contribution in [2.24, 2.45) is 0 Å². The maximum atomic E-state index is 13.5. The summed E-state index contributed by atoms with van der Waals surface area (Å²) in [6, 6.07) is 1.99. The number of carbonyl (C=O) groups is 1. The van der Waals surface area contributed by atoms with Gasteiger partial charge in [-0.25, -0.2) is 4.39 Å². The molecule has 1 amide bonds. The SMILES string of the molecule is Cc1noc([C@H]2C[C@@H](O)CN2C(=O)c2cc(C)c(F)cc2Cl)n1. The first-order valence-electron chi connectivity index (χ1n) is 7.11. The molecule has 0 unspecified atom stereocenters. The molecular formula is C15H15ClFN3O3. The number of likely N-dealkylation sites (tertiary alicyclic amines) is 1. The van der Waals surface area contributed by atoms with E-state index < -0.39 is 23.9 Å². The molecule has 0 spiro atoms. The van der Waals surface area contributed by atoms with Gasteiger partial charge in [0, 0.05) is 13.0 Å². The van der Waals surface area contributed by atoms with E-state index >= 15 is 0 Å². The van der Waals surface area contributed by atoms with Crippen LogP contribution in [-0.4, -0.2) is 38.7 Å². The summed E-state index contributed by atoms with van der Waals surface area (Å²) in [4.78, 5) is 18.3. The van der Waals surface area contributed by atoms with Gasteiger partial charge in [0.15, 0.2) is 5.82 Å². The van der Waals surface area contributed by atoms with Crippen LogP contribution in [0, 0.1) is 19.7 Å². The molecule has 0 radical (unpaired) electrons. The Bertz CT molecular complexity index is 764. The number of aliphatic hydroxyl groups excluding tert-OH is 1. The molecule has 3 rings (SSSR count). The largest absolute Gasteiger partial charge is 0.391 e. The molecule has 0 aliphatic carbocycles. The van der Waals surface area contributed by atoms with E-state index in [4.69, 9.17) is 16.1 Å². The second-order valence-corrected chi connectivity index (χ2v) is 6.03. The molecule has 2 heterocycles. The van der Waals surface area contributed by atoms with E-state index in [1.807, 2.05) is 0 Å². The van der Waals surface area contributed by atoms with Crippen molar-refractivity contribution in [3.05, 3.63) is 45.8 Å². The van der Waals surface area contributed by atoms with Crippen LogP contribution in [0.25, 0.3) is 0 Å². The Balaban J connectivity index is 1.95. The predicted molar refractivity (Wildman–Crippen MR) is 79.6 cm³/mol. The quantitative estimate of drug-likeness (QED) is 0.909. The van der Waals surface area contributed by atoms with Crippen LogP contribution in [-0.2, 0) is 0 Å². The van der Waals surface area contributed by atoms with E-state index in [-0.39, 0.29) is 23.0 Å². The molecule has 1 fully saturated rings. The molecule has 1 aliphatic rings. The predicted octanol–water partition coefficient (Wildman–Crippen LogP) is 2.43. The number of halogens is 2. The maximum absolute atomic E-state index is 13.5. The van der Waals surface area contributed by atoms with E-state index in [0.717, 1.165) is 6.07 Å². The van der Waals surface area contributed by atoms with Gasteiger partial charge in [0.1, 0.15) is 11.9 Å². The molecule has 2 atom stereocenters. The second kappa shape index (κ2) is 5.90. The van der Waals surface area contributed by atoms with Crippen LogP contribution in [0.15, 0.2) is 16.7 Å². The average Bonchev–Trinajstić information content (AvgIpc) is 3.08. The molecule has 2 aromatic rings. The van der Waals surface area contributed by atoms with Crippen molar-refractivity contribution < 1.29 is 18.8 Å². The van der Waals surface area contributed by atoms with Crippen molar-refractivity contribution in [3.63, 3.8) is 0 Å². The Morgan fingerprint density at radius 3 is 2.87 bits per heavy atom. The molecule has 122 valence electrons. The molecule has 0 bridgehead atoms. The van der Waals surface area contributed by atoms with E-state index in [1.165, 1.54) is 11.0 Å². The number of amides is 1.